The van der Waals surface area contributed by atoms with Crippen molar-refractivity contribution >= 4 is 33.6 Å². The van der Waals surface area contributed by atoms with Gasteiger partial charge in [-0.05, 0) is 25.1 Å². The van der Waals surface area contributed by atoms with Gasteiger partial charge in [0.05, 0.1) is 21.3 Å². The van der Waals surface area contributed by atoms with Crippen molar-refractivity contribution in [3.8, 4) is 0 Å². The summed E-state index contributed by atoms with van der Waals surface area (Å²) in [7, 11) is 0. The summed E-state index contributed by atoms with van der Waals surface area (Å²) < 4.78 is 6.07. The Morgan fingerprint density at radius 3 is 3.14 bits per heavy atom. The average Bonchev–Trinajstić information content (AvgIpc) is 3.07. The zero-order valence-electron chi connectivity index (χ0n) is 12.1. The van der Waals surface area contributed by atoms with Gasteiger partial charge in [-0.25, -0.2) is 9.78 Å². The third-order valence-corrected chi connectivity index (χ3v) is 5.08. The van der Waals surface area contributed by atoms with E-state index in [0.717, 1.165) is 15.2 Å². The second kappa shape index (κ2) is 4.95. The van der Waals surface area contributed by atoms with Gasteiger partial charge in [-0.3, -0.25) is 9.69 Å². The second-order valence-corrected chi connectivity index (χ2v) is 6.83. The maximum absolute atomic E-state index is 12.7. The van der Waals surface area contributed by atoms with E-state index in [-0.39, 0.29) is 18.0 Å². The molecule has 1 aromatic heterocycles. The molecule has 2 saturated heterocycles. The van der Waals surface area contributed by atoms with Crippen LogP contribution in [0, 0.1) is 6.92 Å². The number of rotatable bonds is 1. The topological polar surface area (TPSA) is 62.7 Å². The molecule has 0 aliphatic carbocycles. The van der Waals surface area contributed by atoms with Crippen molar-refractivity contribution in [3.63, 3.8) is 0 Å². The number of hydrogen-bond acceptors (Lipinski definition) is 5. The molecule has 2 amide bonds. The van der Waals surface area contributed by atoms with Crippen LogP contribution in [0.2, 0.25) is 0 Å². The highest BCUT2D eigenvalue weighted by atomic mass is 32.1. The molecule has 0 spiro atoms. The molecule has 2 aliphatic rings. The van der Waals surface area contributed by atoms with E-state index in [1.165, 1.54) is 0 Å². The normalized spacial score (nSPS) is 21.1. The Morgan fingerprint density at radius 2 is 2.27 bits per heavy atom. The molecule has 4 rings (SSSR count). The Kier molecular flexibility index (Phi) is 3.04. The third kappa shape index (κ3) is 2.12. The molecule has 2 aliphatic heterocycles. The Morgan fingerprint density at radius 1 is 1.41 bits per heavy atom. The lowest BCUT2D eigenvalue weighted by Gasteiger charge is -2.35. The summed E-state index contributed by atoms with van der Waals surface area (Å²) in [6, 6.07) is 5.61. The lowest BCUT2D eigenvalue weighted by atomic mass is 10.1. The first-order valence-corrected chi connectivity index (χ1v) is 8.03. The van der Waals surface area contributed by atoms with Gasteiger partial charge in [-0.2, -0.15) is 0 Å². The van der Waals surface area contributed by atoms with Crippen LogP contribution in [0.25, 0.3) is 10.2 Å². The van der Waals surface area contributed by atoms with E-state index in [1.807, 2.05) is 25.1 Å². The predicted molar refractivity (Wildman–Crippen MR) is 82.1 cm³/mol. The Labute approximate surface area is 131 Å². The number of aryl methyl sites for hydroxylation is 1. The number of aromatic nitrogens is 1. The van der Waals surface area contributed by atoms with Crippen LogP contribution in [-0.2, 0) is 4.74 Å². The van der Waals surface area contributed by atoms with Crippen LogP contribution >= 0.6 is 11.3 Å². The summed E-state index contributed by atoms with van der Waals surface area (Å²) in [5, 5.41) is 0.995. The molecular weight excluding hydrogens is 302 g/mol. The standard InChI is InChI=1S/C15H15N3O3S/c1-9-16-12-3-2-10(6-13(12)22-9)14(19)17-4-5-18-11(7-17)8-21-15(18)20/h2-3,6,11H,4-5,7-8H2,1H3/t11-/m0/s1. The minimum atomic E-state index is -0.265. The summed E-state index contributed by atoms with van der Waals surface area (Å²) in [5.74, 6) is 0.00644. The summed E-state index contributed by atoms with van der Waals surface area (Å²) in [6.07, 6.45) is -0.265. The van der Waals surface area contributed by atoms with Crippen LogP contribution in [-0.4, -0.2) is 59.1 Å². The lowest BCUT2D eigenvalue weighted by molar-refractivity contribution is 0.0617. The zero-order valence-corrected chi connectivity index (χ0v) is 12.9. The Balaban J connectivity index is 1.56. The molecule has 22 heavy (non-hydrogen) atoms. The van der Waals surface area contributed by atoms with Gasteiger partial charge < -0.3 is 9.64 Å². The number of amides is 2. The summed E-state index contributed by atoms with van der Waals surface area (Å²) >= 11 is 1.59. The fourth-order valence-electron chi connectivity index (χ4n) is 3.03. The van der Waals surface area contributed by atoms with Crippen LogP contribution in [0.5, 0.6) is 0 Å². The molecule has 6 nitrogen and oxygen atoms in total. The number of hydrogen-bond donors (Lipinski definition) is 0. The monoisotopic (exact) mass is 317 g/mol. The molecule has 114 valence electrons. The molecule has 0 radical (unpaired) electrons. The smallest absolute Gasteiger partial charge is 0.410 e. The molecule has 1 atom stereocenters. The van der Waals surface area contributed by atoms with Crippen LogP contribution in [0.4, 0.5) is 4.79 Å². The predicted octanol–water partition coefficient (Wildman–Crippen LogP) is 1.88. The van der Waals surface area contributed by atoms with Crippen molar-refractivity contribution in [2.24, 2.45) is 0 Å². The van der Waals surface area contributed by atoms with Crippen LogP contribution in [0.15, 0.2) is 18.2 Å². The summed E-state index contributed by atoms with van der Waals surface area (Å²) in [6.45, 7) is 3.95. The molecule has 0 bridgehead atoms. The Bertz CT molecular complexity index is 772. The molecule has 1 aromatic carbocycles. The first-order valence-electron chi connectivity index (χ1n) is 7.22. The molecule has 7 heteroatoms. The molecular formula is C15H15N3O3S. The van der Waals surface area contributed by atoms with E-state index in [0.29, 0.717) is 31.8 Å². The van der Waals surface area contributed by atoms with Crippen molar-refractivity contribution in [3.05, 3.63) is 28.8 Å². The van der Waals surface area contributed by atoms with E-state index in [2.05, 4.69) is 4.98 Å². The molecule has 2 fully saturated rings. The number of carbonyl (C=O) groups excluding carboxylic acids is 2. The highest BCUT2D eigenvalue weighted by Crippen LogP contribution is 2.24. The van der Waals surface area contributed by atoms with Gasteiger partial charge in [0.15, 0.2) is 0 Å². The van der Waals surface area contributed by atoms with E-state index in [9.17, 15) is 9.59 Å². The maximum atomic E-state index is 12.7. The van der Waals surface area contributed by atoms with E-state index >= 15 is 0 Å². The maximum Gasteiger partial charge on any atom is 0.410 e. The number of piperazine rings is 1. The summed E-state index contributed by atoms with van der Waals surface area (Å²) in [5.41, 5.74) is 1.61. The van der Waals surface area contributed by atoms with Gasteiger partial charge in [0.25, 0.3) is 5.91 Å². The fraction of sp³-hybridized carbons (Fsp3) is 0.400. The highest BCUT2D eigenvalue weighted by molar-refractivity contribution is 7.18. The molecule has 3 heterocycles. The van der Waals surface area contributed by atoms with E-state index < -0.39 is 0 Å². The molecule has 0 N–H and O–H groups in total. The first kappa shape index (κ1) is 13.5. The first-order chi connectivity index (χ1) is 10.6. The number of nitrogens with zero attached hydrogens (tertiary/aromatic N) is 3. The van der Waals surface area contributed by atoms with Crippen molar-refractivity contribution < 1.29 is 14.3 Å². The zero-order chi connectivity index (χ0) is 15.3. The van der Waals surface area contributed by atoms with Crippen LogP contribution in [0.1, 0.15) is 15.4 Å². The van der Waals surface area contributed by atoms with Crippen molar-refractivity contribution in [1.29, 1.82) is 0 Å². The van der Waals surface area contributed by atoms with Crippen molar-refractivity contribution in [2.75, 3.05) is 26.2 Å². The largest absolute Gasteiger partial charge is 0.447 e. The summed E-state index contributed by atoms with van der Waals surface area (Å²) in [4.78, 5) is 32.1. The van der Waals surface area contributed by atoms with Gasteiger partial charge in [0, 0.05) is 25.2 Å². The van der Waals surface area contributed by atoms with E-state index in [1.54, 1.807) is 21.1 Å². The quantitative estimate of drug-likeness (QED) is 0.806. The van der Waals surface area contributed by atoms with E-state index in [4.69, 9.17) is 4.74 Å². The Hall–Kier alpha value is -2.15. The molecule has 0 saturated carbocycles. The van der Waals surface area contributed by atoms with Gasteiger partial charge >= 0.3 is 6.09 Å². The fourth-order valence-corrected chi connectivity index (χ4v) is 3.89. The van der Waals surface area contributed by atoms with Gasteiger partial charge in [-0.15, -0.1) is 11.3 Å². The number of thiazole rings is 1. The van der Waals surface area contributed by atoms with Crippen LogP contribution < -0.4 is 0 Å². The molecule has 0 unspecified atom stereocenters. The van der Waals surface area contributed by atoms with Crippen molar-refractivity contribution in [2.45, 2.75) is 13.0 Å². The highest BCUT2D eigenvalue weighted by Gasteiger charge is 2.38. The minimum Gasteiger partial charge on any atom is -0.447 e. The second-order valence-electron chi connectivity index (χ2n) is 5.59. The SMILES string of the molecule is Cc1nc2ccc(C(=O)N3CCN4C(=O)OC[C@@H]4C3)cc2s1. The number of ether oxygens (including phenoxy) is 1. The minimum absolute atomic E-state index is 0.00644. The number of cyclic esters (lactones) is 1. The van der Waals surface area contributed by atoms with Gasteiger partial charge in [0.2, 0.25) is 0 Å². The van der Waals surface area contributed by atoms with Gasteiger partial charge in [-0.1, -0.05) is 0 Å². The number of benzene rings is 1. The number of carbonyl (C=O) groups is 2. The van der Waals surface area contributed by atoms with Gasteiger partial charge in [0.1, 0.15) is 6.61 Å². The van der Waals surface area contributed by atoms with Crippen LogP contribution in [0.3, 0.4) is 0 Å². The third-order valence-electron chi connectivity index (χ3n) is 4.15. The average molecular weight is 317 g/mol. The van der Waals surface area contributed by atoms with Crippen molar-refractivity contribution in [1.82, 2.24) is 14.8 Å². The number of fused-ring (bicyclic) bond motifs is 2. The lowest BCUT2D eigenvalue weighted by Crippen LogP contribution is -2.53. The molecule has 2 aromatic rings.